The van der Waals surface area contributed by atoms with E-state index in [0.29, 0.717) is 12.8 Å². The number of carbonyl (C=O) groups is 3. The second-order valence-electron chi connectivity index (χ2n) is 6.72. The highest BCUT2D eigenvalue weighted by Crippen LogP contribution is 2.46. The SMILES string of the molecule is CCC1(C(C)(C)CCCc2ccccc2)C(=O)NC(=O)NC1=O. The topological polar surface area (TPSA) is 75.3 Å². The van der Waals surface area contributed by atoms with Crippen molar-refractivity contribution in [2.45, 2.75) is 46.5 Å². The van der Waals surface area contributed by atoms with Gasteiger partial charge in [-0.1, -0.05) is 51.1 Å². The fraction of sp³-hybridized carbons (Fsp3) is 0.500. The van der Waals surface area contributed by atoms with Gasteiger partial charge in [0.05, 0.1) is 0 Å². The van der Waals surface area contributed by atoms with Crippen LogP contribution in [0.4, 0.5) is 4.79 Å². The molecule has 2 N–H and O–H groups in total. The normalized spacial score (nSPS) is 17.6. The molecule has 5 heteroatoms. The van der Waals surface area contributed by atoms with E-state index in [-0.39, 0.29) is 0 Å². The Morgan fingerprint density at radius 2 is 1.57 bits per heavy atom. The summed E-state index contributed by atoms with van der Waals surface area (Å²) in [6.07, 6.45) is 2.83. The Bertz CT molecular complexity index is 588. The molecule has 1 aliphatic rings. The van der Waals surface area contributed by atoms with E-state index in [2.05, 4.69) is 22.8 Å². The molecule has 0 atom stereocenters. The van der Waals surface area contributed by atoms with Crippen LogP contribution in [0.2, 0.25) is 0 Å². The Morgan fingerprint density at radius 1 is 1.00 bits per heavy atom. The minimum Gasteiger partial charge on any atom is -0.277 e. The van der Waals surface area contributed by atoms with E-state index in [9.17, 15) is 14.4 Å². The Morgan fingerprint density at radius 3 is 2.09 bits per heavy atom. The molecule has 0 spiro atoms. The van der Waals surface area contributed by atoms with Crippen molar-refractivity contribution in [3.63, 3.8) is 0 Å². The number of aryl methyl sites for hydroxylation is 1. The maximum Gasteiger partial charge on any atom is 0.328 e. The largest absolute Gasteiger partial charge is 0.328 e. The van der Waals surface area contributed by atoms with Crippen molar-refractivity contribution in [2.24, 2.45) is 10.8 Å². The van der Waals surface area contributed by atoms with Crippen LogP contribution in [0, 0.1) is 10.8 Å². The second-order valence-corrected chi connectivity index (χ2v) is 6.72. The standard InChI is InChI=1S/C18H24N2O3/c1-4-18(14(21)19-16(23)20-15(18)22)17(2,3)12-8-11-13-9-6-5-7-10-13/h5-7,9-10H,4,8,11-12H2,1-3H3,(H2,19,20,21,22,23). The number of carbonyl (C=O) groups excluding carboxylic acids is 3. The molecule has 1 aromatic carbocycles. The molecule has 124 valence electrons. The average Bonchev–Trinajstić information content (AvgIpc) is 2.47. The molecule has 0 aromatic heterocycles. The van der Waals surface area contributed by atoms with Gasteiger partial charge in [0, 0.05) is 0 Å². The Balaban J connectivity index is 2.13. The average molecular weight is 316 g/mol. The van der Waals surface area contributed by atoms with Crippen molar-refractivity contribution >= 4 is 17.8 Å². The molecule has 0 unspecified atom stereocenters. The predicted octanol–water partition coefficient (Wildman–Crippen LogP) is 2.80. The molecular formula is C18H24N2O3. The monoisotopic (exact) mass is 316 g/mol. The number of imide groups is 2. The van der Waals surface area contributed by atoms with Gasteiger partial charge in [0.15, 0.2) is 0 Å². The first kappa shape index (κ1) is 17.2. The molecule has 0 radical (unpaired) electrons. The molecule has 1 aromatic rings. The van der Waals surface area contributed by atoms with Gasteiger partial charge in [-0.15, -0.1) is 0 Å². The summed E-state index contributed by atoms with van der Waals surface area (Å²) < 4.78 is 0. The summed E-state index contributed by atoms with van der Waals surface area (Å²) in [4.78, 5) is 36.3. The van der Waals surface area contributed by atoms with Crippen LogP contribution in [0.15, 0.2) is 30.3 Å². The van der Waals surface area contributed by atoms with Crippen LogP contribution in [-0.2, 0) is 16.0 Å². The summed E-state index contributed by atoms with van der Waals surface area (Å²) in [6, 6.07) is 9.39. The molecule has 1 saturated heterocycles. The number of nitrogens with one attached hydrogen (secondary N) is 2. The number of amides is 4. The highest BCUT2D eigenvalue weighted by atomic mass is 16.2. The van der Waals surface area contributed by atoms with Gasteiger partial charge < -0.3 is 0 Å². The molecule has 1 fully saturated rings. The lowest BCUT2D eigenvalue weighted by Crippen LogP contribution is -2.66. The first-order valence-corrected chi connectivity index (χ1v) is 8.04. The number of benzene rings is 1. The number of barbiturate groups is 1. The summed E-state index contributed by atoms with van der Waals surface area (Å²) in [5, 5.41) is 4.51. The van der Waals surface area contributed by atoms with Crippen molar-refractivity contribution in [1.29, 1.82) is 0 Å². The van der Waals surface area contributed by atoms with Crippen molar-refractivity contribution in [3.8, 4) is 0 Å². The van der Waals surface area contributed by atoms with Gasteiger partial charge in [0.1, 0.15) is 5.41 Å². The third-order valence-electron chi connectivity index (χ3n) is 5.03. The lowest BCUT2D eigenvalue weighted by Gasteiger charge is -2.45. The second kappa shape index (κ2) is 6.52. The third kappa shape index (κ3) is 3.14. The van der Waals surface area contributed by atoms with Crippen LogP contribution in [0.5, 0.6) is 0 Å². The van der Waals surface area contributed by atoms with Crippen molar-refractivity contribution in [3.05, 3.63) is 35.9 Å². The molecule has 1 heterocycles. The van der Waals surface area contributed by atoms with E-state index in [0.717, 1.165) is 12.8 Å². The number of hydrogen-bond acceptors (Lipinski definition) is 3. The van der Waals surface area contributed by atoms with Crippen LogP contribution in [0.3, 0.4) is 0 Å². The third-order valence-corrected chi connectivity index (χ3v) is 5.03. The fourth-order valence-corrected chi connectivity index (χ4v) is 3.56. The van der Waals surface area contributed by atoms with Crippen LogP contribution < -0.4 is 10.6 Å². The molecule has 0 aliphatic carbocycles. The first-order chi connectivity index (χ1) is 10.8. The van der Waals surface area contributed by atoms with Crippen LogP contribution in [-0.4, -0.2) is 17.8 Å². The zero-order chi connectivity index (χ0) is 17.1. The van der Waals surface area contributed by atoms with E-state index < -0.39 is 28.7 Å². The summed E-state index contributed by atoms with van der Waals surface area (Å²) >= 11 is 0. The maximum absolute atomic E-state index is 12.5. The molecular weight excluding hydrogens is 292 g/mol. The molecule has 1 aliphatic heterocycles. The van der Waals surface area contributed by atoms with Gasteiger partial charge in [0.2, 0.25) is 11.8 Å². The first-order valence-electron chi connectivity index (χ1n) is 8.04. The van der Waals surface area contributed by atoms with Gasteiger partial charge in [0.25, 0.3) is 0 Å². The molecule has 0 saturated carbocycles. The molecule has 4 amide bonds. The van der Waals surface area contributed by atoms with Crippen LogP contribution in [0.25, 0.3) is 0 Å². The van der Waals surface area contributed by atoms with Gasteiger partial charge in [-0.3, -0.25) is 20.2 Å². The Hall–Kier alpha value is -2.17. The number of hydrogen-bond donors (Lipinski definition) is 2. The smallest absolute Gasteiger partial charge is 0.277 e. The van der Waals surface area contributed by atoms with E-state index in [1.54, 1.807) is 0 Å². The van der Waals surface area contributed by atoms with Crippen molar-refractivity contribution in [1.82, 2.24) is 10.6 Å². The van der Waals surface area contributed by atoms with Crippen molar-refractivity contribution < 1.29 is 14.4 Å². The zero-order valence-electron chi connectivity index (χ0n) is 13.9. The van der Waals surface area contributed by atoms with Gasteiger partial charge in [-0.05, 0) is 36.7 Å². The lowest BCUT2D eigenvalue weighted by molar-refractivity contribution is -0.154. The minimum atomic E-state index is -1.21. The van der Waals surface area contributed by atoms with Crippen LogP contribution >= 0.6 is 0 Å². The summed E-state index contributed by atoms with van der Waals surface area (Å²) in [5.41, 5.74) is -0.523. The number of urea groups is 1. The highest BCUT2D eigenvalue weighted by molar-refractivity contribution is 6.19. The van der Waals surface area contributed by atoms with E-state index in [1.165, 1.54) is 5.56 Å². The minimum absolute atomic E-state index is 0.357. The molecule has 0 bridgehead atoms. The zero-order valence-corrected chi connectivity index (χ0v) is 13.9. The summed E-state index contributed by atoms with van der Waals surface area (Å²) in [5.74, 6) is -0.975. The predicted molar refractivity (Wildman–Crippen MR) is 87.6 cm³/mol. The van der Waals surface area contributed by atoms with Gasteiger partial charge in [-0.2, -0.15) is 0 Å². The lowest BCUT2D eigenvalue weighted by atomic mass is 9.60. The molecule has 2 rings (SSSR count). The van der Waals surface area contributed by atoms with Gasteiger partial charge >= 0.3 is 6.03 Å². The molecule has 23 heavy (non-hydrogen) atoms. The maximum atomic E-state index is 12.5. The Kier molecular flexibility index (Phi) is 4.88. The van der Waals surface area contributed by atoms with Gasteiger partial charge in [-0.25, -0.2) is 4.79 Å². The summed E-state index contributed by atoms with van der Waals surface area (Å²) in [7, 11) is 0. The van der Waals surface area contributed by atoms with Crippen LogP contribution in [0.1, 0.15) is 45.6 Å². The molecule has 5 nitrogen and oxygen atoms in total. The quantitative estimate of drug-likeness (QED) is 0.792. The fourth-order valence-electron chi connectivity index (χ4n) is 3.56. The number of rotatable bonds is 6. The highest BCUT2D eigenvalue weighted by Gasteiger charge is 2.57. The van der Waals surface area contributed by atoms with E-state index in [1.807, 2.05) is 39.0 Å². The van der Waals surface area contributed by atoms with Crippen molar-refractivity contribution in [2.75, 3.05) is 0 Å². The Labute approximate surface area is 136 Å². The van der Waals surface area contributed by atoms with E-state index >= 15 is 0 Å². The summed E-state index contributed by atoms with van der Waals surface area (Å²) in [6.45, 7) is 5.67. The van der Waals surface area contributed by atoms with E-state index in [4.69, 9.17) is 0 Å².